The summed E-state index contributed by atoms with van der Waals surface area (Å²) in [5.41, 5.74) is 8.43. The van der Waals surface area contributed by atoms with Gasteiger partial charge in [-0.15, -0.1) is 0 Å². The van der Waals surface area contributed by atoms with Gasteiger partial charge in [0.15, 0.2) is 0 Å². The van der Waals surface area contributed by atoms with E-state index in [1.807, 2.05) is 6.92 Å². The van der Waals surface area contributed by atoms with Crippen molar-refractivity contribution in [3.8, 4) is 0 Å². The van der Waals surface area contributed by atoms with Crippen molar-refractivity contribution >= 4 is 0 Å². The zero-order valence-corrected chi connectivity index (χ0v) is 10.6. The van der Waals surface area contributed by atoms with Gasteiger partial charge in [-0.3, -0.25) is 4.90 Å². The molecule has 1 saturated heterocycles. The highest BCUT2D eigenvalue weighted by atomic mass is 16.5. The van der Waals surface area contributed by atoms with Gasteiger partial charge in [0.1, 0.15) is 0 Å². The second-order valence-electron chi connectivity index (χ2n) is 4.73. The number of nitrogens with two attached hydrogens (primary N) is 1. The average molecular weight is 234 g/mol. The van der Waals surface area contributed by atoms with E-state index in [0.29, 0.717) is 0 Å². The van der Waals surface area contributed by atoms with Crippen molar-refractivity contribution in [3.63, 3.8) is 0 Å². The van der Waals surface area contributed by atoms with Crippen LogP contribution in [0.15, 0.2) is 24.3 Å². The van der Waals surface area contributed by atoms with Gasteiger partial charge in [0, 0.05) is 25.7 Å². The van der Waals surface area contributed by atoms with Crippen LogP contribution in [0.25, 0.3) is 0 Å². The van der Waals surface area contributed by atoms with E-state index < -0.39 is 0 Å². The maximum absolute atomic E-state index is 5.83. The largest absolute Gasteiger partial charge is 0.379 e. The van der Waals surface area contributed by atoms with Gasteiger partial charge >= 0.3 is 0 Å². The first kappa shape index (κ1) is 12.6. The molecule has 0 amide bonds. The standard InChI is InChI=1S/C14H22N2O/c1-12(15)14-4-2-13(3-5-14)6-7-16-8-10-17-11-9-16/h2-5,12H,6-11,15H2,1H3. The van der Waals surface area contributed by atoms with E-state index in [4.69, 9.17) is 10.5 Å². The molecule has 1 atom stereocenters. The summed E-state index contributed by atoms with van der Waals surface area (Å²) in [6.07, 6.45) is 1.11. The fourth-order valence-corrected chi connectivity index (χ4v) is 2.10. The van der Waals surface area contributed by atoms with Crippen LogP contribution in [0, 0.1) is 0 Å². The Bertz CT molecular complexity index is 329. The van der Waals surface area contributed by atoms with Crippen LogP contribution < -0.4 is 5.73 Å². The van der Waals surface area contributed by atoms with E-state index in [-0.39, 0.29) is 6.04 Å². The Kier molecular flexibility index (Phi) is 4.54. The fourth-order valence-electron chi connectivity index (χ4n) is 2.10. The first-order valence-corrected chi connectivity index (χ1v) is 6.40. The topological polar surface area (TPSA) is 38.5 Å². The van der Waals surface area contributed by atoms with E-state index in [2.05, 4.69) is 29.2 Å². The molecule has 17 heavy (non-hydrogen) atoms. The van der Waals surface area contributed by atoms with Crippen molar-refractivity contribution in [2.75, 3.05) is 32.8 Å². The molecular weight excluding hydrogens is 212 g/mol. The second kappa shape index (κ2) is 6.15. The molecule has 0 aromatic heterocycles. The average Bonchev–Trinajstić information content (AvgIpc) is 2.38. The lowest BCUT2D eigenvalue weighted by molar-refractivity contribution is 0.0384. The molecule has 1 aliphatic heterocycles. The molecule has 1 unspecified atom stereocenters. The highest BCUT2D eigenvalue weighted by Gasteiger charge is 2.09. The Morgan fingerprint density at radius 3 is 2.47 bits per heavy atom. The van der Waals surface area contributed by atoms with Gasteiger partial charge in [-0.05, 0) is 24.5 Å². The molecule has 1 heterocycles. The lowest BCUT2D eigenvalue weighted by Crippen LogP contribution is -2.37. The molecule has 2 rings (SSSR count). The van der Waals surface area contributed by atoms with Crippen molar-refractivity contribution < 1.29 is 4.74 Å². The summed E-state index contributed by atoms with van der Waals surface area (Å²) in [5.74, 6) is 0. The zero-order chi connectivity index (χ0) is 12.1. The Hall–Kier alpha value is -0.900. The first-order valence-electron chi connectivity index (χ1n) is 6.40. The smallest absolute Gasteiger partial charge is 0.0594 e. The minimum Gasteiger partial charge on any atom is -0.379 e. The summed E-state index contributed by atoms with van der Waals surface area (Å²) in [6.45, 7) is 7.03. The van der Waals surface area contributed by atoms with Crippen LogP contribution in [0.5, 0.6) is 0 Å². The molecule has 1 aromatic carbocycles. The molecule has 1 fully saturated rings. The number of benzene rings is 1. The molecule has 0 radical (unpaired) electrons. The predicted molar refractivity (Wildman–Crippen MR) is 70.0 cm³/mol. The maximum Gasteiger partial charge on any atom is 0.0594 e. The number of nitrogens with zero attached hydrogens (tertiary/aromatic N) is 1. The number of morpholine rings is 1. The van der Waals surface area contributed by atoms with Crippen molar-refractivity contribution in [3.05, 3.63) is 35.4 Å². The van der Waals surface area contributed by atoms with E-state index in [0.717, 1.165) is 39.3 Å². The second-order valence-corrected chi connectivity index (χ2v) is 4.73. The fraction of sp³-hybridized carbons (Fsp3) is 0.571. The van der Waals surface area contributed by atoms with Gasteiger partial charge in [-0.1, -0.05) is 24.3 Å². The number of ether oxygens (including phenoxy) is 1. The summed E-state index contributed by atoms with van der Waals surface area (Å²) in [4.78, 5) is 2.46. The molecule has 3 nitrogen and oxygen atoms in total. The van der Waals surface area contributed by atoms with Crippen LogP contribution in [0.1, 0.15) is 24.1 Å². The lowest BCUT2D eigenvalue weighted by Gasteiger charge is -2.26. The molecule has 94 valence electrons. The minimum atomic E-state index is 0.128. The number of rotatable bonds is 4. The van der Waals surface area contributed by atoms with Crippen LogP contribution in [-0.4, -0.2) is 37.7 Å². The summed E-state index contributed by atoms with van der Waals surface area (Å²) in [5, 5.41) is 0. The molecule has 0 bridgehead atoms. The first-order chi connectivity index (χ1) is 8.25. The summed E-state index contributed by atoms with van der Waals surface area (Å²) in [6, 6.07) is 8.79. The quantitative estimate of drug-likeness (QED) is 0.859. The molecule has 2 N–H and O–H groups in total. The van der Waals surface area contributed by atoms with Gasteiger partial charge < -0.3 is 10.5 Å². The molecule has 1 aromatic rings. The minimum absolute atomic E-state index is 0.128. The van der Waals surface area contributed by atoms with Crippen molar-refractivity contribution in [1.82, 2.24) is 4.90 Å². The van der Waals surface area contributed by atoms with Gasteiger partial charge in [-0.25, -0.2) is 0 Å². The van der Waals surface area contributed by atoms with Crippen LogP contribution in [0.2, 0.25) is 0 Å². The summed E-state index contributed by atoms with van der Waals surface area (Å²) < 4.78 is 5.34. The van der Waals surface area contributed by atoms with Gasteiger partial charge in [0.2, 0.25) is 0 Å². The number of hydrogen-bond donors (Lipinski definition) is 1. The third kappa shape index (κ3) is 3.80. The molecule has 0 spiro atoms. The highest BCUT2D eigenvalue weighted by Crippen LogP contribution is 2.11. The highest BCUT2D eigenvalue weighted by molar-refractivity contribution is 5.24. The van der Waals surface area contributed by atoms with E-state index in [1.54, 1.807) is 0 Å². The van der Waals surface area contributed by atoms with Crippen LogP contribution in [-0.2, 0) is 11.2 Å². The third-order valence-electron chi connectivity index (χ3n) is 3.33. The van der Waals surface area contributed by atoms with Gasteiger partial charge in [0.25, 0.3) is 0 Å². The Morgan fingerprint density at radius 2 is 1.88 bits per heavy atom. The normalized spacial score (nSPS) is 19.2. The molecular formula is C14H22N2O. The third-order valence-corrected chi connectivity index (χ3v) is 3.33. The summed E-state index contributed by atoms with van der Waals surface area (Å²) >= 11 is 0. The molecule has 0 aliphatic carbocycles. The monoisotopic (exact) mass is 234 g/mol. The maximum atomic E-state index is 5.83. The van der Waals surface area contributed by atoms with E-state index in [1.165, 1.54) is 11.1 Å². The molecule has 3 heteroatoms. The van der Waals surface area contributed by atoms with Crippen molar-refractivity contribution in [1.29, 1.82) is 0 Å². The van der Waals surface area contributed by atoms with Crippen LogP contribution in [0.3, 0.4) is 0 Å². The SMILES string of the molecule is CC(N)c1ccc(CCN2CCOCC2)cc1. The Morgan fingerprint density at radius 1 is 1.24 bits per heavy atom. The molecule has 1 aliphatic rings. The van der Waals surface area contributed by atoms with Crippen molar-refractivity contribution in [2.24, 2.45) is 5.73 Å². The van der Waals surface area contributed by atoms with Gasteiger partial charge in [-0.2, -0.15) is 0 Å². The van der Waals surface area contributed by atoms with Gasteiger partial charge in [0.05, 0.1) is 13.2 Å². The lowest BCUT2D eigenvalue weighted by atomic mass is 10.1. The number of hydrogen-bond acceptors (Lipinski definition) is 3. The van der Waals surface area contributed by atoms with E-state index in [9.17, 15) is 0 Å². The molecule has 0 saturated carbocycles. The van der Waals surface area contributed by atoms with Crippen LogP contribution >= 0.6 is 0 Å². The summed E-state index contributed by atoms with van der Waals surface area (Å²) in [7, 11) is 0. The zero-order valence-electron chi connectivity index (χ0n) is 10.6. The predicted octanol–water partition coefficient (Wildman–Crippen LogP) is 1.58. The Labute approximate surface area is 104 Å². The van der Waals surface area contributed by atoms with Crippen LogP contribution in [0.4, 0.5) is 0 Å². The Balaban J connectivity index is 1.82. The van der Waals surface area contributed by atoms with Crippen molar-refractivity contribution in [2.45, 2.75) is 19.4 Å². The van der Waals surface area contributed by atoms with E-state index >= 15 is 0 Å².